The Morgan fingerprint density at radius 1 is 1.06 bits per heavy atom. The number of hydrogen-bond donors (Lipinski definition) is 1. The van der Waals surface area contributed by atoms with Gasteiger partial charge in [-0.05, 0) is 43.7 Å². The summed E-state index contributed by atoms with van der Waals surface area (Å²) in [5.41, 5.74) is 3.03. The highest BCUT2D eigenvalue weighted by molar-refractivity contribution is 5.72. The van der Waals surface area contributed by atoms with E-state index in [9.17, 15) is 8.78 Å². The van der Waals surface area contributed by atoms with Gasteiger partial charge in [0.1, 0.15) is 23.9 Å². The Kier molecular flexibility index (Phi) is 6.91. The first-order chi connectivity index (χ1) is 17.4. The Hall–Kier alpha value is -3.46. The van der Waals surface area contributed by atoms with Crippen LogP contribution in [0.4, 0.5) is 20.2 Å². The third-order valence-electron chi connectivity index (χ3n) is 6.67. The number of methoxy groups -OCH3 is 1. The standard InChI is InChI=1S/C27H31F2N5O2/c1-17(2)34-10-11-36-27-20(28)14-19(15-23(27)34)26-21(29)16-31-25(32-26)13-18-4-5-22(24(12-18)35-3)33-8-6-30-7-9-33/h4-5,12,14-17,30H,6-11,13H2,1-3H3. The lowest BCUT2D eigenvalue weighted by Gasteiger charge is -2.34. The summed E-state index contributed by atoms with van der Waals surface area (Å²) in [5.74, 6) is 0.295. The zero-order chi connectivity index (χ0) is 25.2. The maximum atomic E-state index is 15.0. The summed E-state index contributed by atoms with van der Waals surface area (Å²) < 4.78 is 41.1. The summed E-state index contributed by atoms with van der Waals surface area (Å²) in [6.45, 7) is 8.80. The molecule has 0 unspecified atom stereocenters. The fraction of sp³-hybridized carbons (Fsp3) is 0.407. The number of halogens is 2. The first-order valence-electron chi connectivity index (χ1n) is 12.3. The summed E-state index contributed by atoms with van der Waals surface area (Å²) in [6.07, 6.45) is 1.54. The number of fused-ring (bicyclic) bond motifs is 1. The first kappa shape index (κ1) is 24.2. The molecular weight excluding hydrogens is 464 g/mol. The number of nitrogens with zero attached hydrogens (tertiary/aromatic N) is 4. The van der Waals surface area contributed by atoms with Crippen molar-refractivity contribution in [2.24, 2.45) is 0 Å². The minimum atomic E-state index is -0.599. The number of piperazine rings is 1. The largest absolute Gasteiger partial charge is 0.495 e. The van der Waals surface area contributed by atoms with E-state index < -0.39 is 11.6 Å². The zero-order valence-electron chi connectivity index (χ0n) is 20.9. The van der Waals surface area contributed by atoms with Crippen LogP contribution in [-0.4, -0.2) is 62.5 Å². The number of hydrogen-bond acceptors (Lipinski definition) is 7. The van der Waals surface area contributed by atoms with E-state index in [4.69, 9.17) is 9.47 Å². The summed E-state index contributed by atoms with van der Waals surface area (Å²) in [5, 5.41) is 3.35. The van der Waals surface area contributed by atoms with Gasteiger partial charge in [0.05, 0.1) is 31.2 Å². The Bertz CT molecular complexity index is 1250. The lowest BCUT2D eigenvalue weighted by molar-refractivity contribution is 0.287. The molecule has 1 aromatic heterocycles. The molecule has 5 rings (SSSR count). The molecule has 0 spiro atoms. The molecule has 2 aliphatic rings. The summed E-state index contributed by atoms with van der Waals surface area (Å²) in [6, 6.07) is 9.21. The second kappa shape index (κ2) is 10.3. The van der Waals surface area contributed by atoms with Crippen LogP contribution in [0.15, 0.2) is 36.5 Å². The average Bonchev–Trinajstić information content (AvgIpc) is 2.89. The van der Waals surface area contributed by atoms with Crippen molar-refractivity contribution in [2.75, 3.05) is 56.2 Å². The van der Waals surface area contributed by atoms with E-state index in [1.165, 1.54) is 6.07 Å². The smallest absolute Gasteiger partial charge is 0.178 e. The van der Waals surface area contributed by atoms with Gasteiger partial charge < -0.3 is 24.6 Å². The number of rotatable bonds is 6. The van der Waals surface area contributed by atoms with Crippen molar-refractivity contribution in [2.45, 2.75) is 26.3 Å². The predicted octanol–water partition coefficient (Wildman–Crippen LogP) is 4.04. The van der Waals surface area contributed by atoms with E-state index in [0.29, 0.717) is 36.6 Å². The quantitative estimate of drug-likeness (QED) is 0.554. The highest BCUT2D eigenvalue weighted by Gasteiger charge is 2.26. The van der Waals surface area contributed by atoms with Gasteiger partial charge in [0.15, 0.2) is 17.4 Å². The molecule has 1 fully saturated rings. The molecule has 0 saturated carbocycles. The van der Waals surface area contributed by atoms with Crippen molar-refractivity contribution in [1.82, 2.24) is 15.3 Å². The molecule has 9 heteroatoms. The van der Waals surface area contributed by atoms with Crippen LogP contribution in [0.3, 0.4) is 0 Å². The van der Waals surface area contributed by atoms with E-state index in [0.717, 1.165) is 49.4 Å². The normalized spacial score (nSPS) is 15.6. The van der Waals surface area contributed by atoms with Gasteiger partial charge in [0.2, 0.25) is 0 Å². The van der Waals surface area contributed by atoms with Crippen molar-refractivity contribution in [3.8, 4) is 22.8 Å². The van der Waals surface area contributed by atoms with Gasteiger partial charge in [-0.25, -0.2) is 18.7 Å². The molecule has 1 saturated heterocycles. The van der Waals surface area contributed by atoms with Crippen molar-refractivity contribution in [3.63, 3.8) is 0 Å². The van der Waals surface area contributed by atoms with Gasteiger partial charge in [0.25, 0.3) is 0 Å². The number of anilines is 2. The Morgan fingerprint density at radius 2 is 1.86 bits per heavy atom. The van der Waals surface area contributed by atoms with E-state index in [1.807, 2.05) is 32.0 Å². The van der Waals surface area contributed by atoms with Crippen LogP contribution in [0.25, 0.3) is 11.3 Å². The molecule has 2 aromatic carbocycles. The zero-order valence-corrected chi connectivity index (χ0v) is 20.9. The Labute approximate surface area is 210 Å². The predicted molar refractivity (Wildman–Crippen MR) is 136 cm³/mol. The van der Waals surface area contributed by atoms with Crippen LogP contribution in [0.5, 0.6) is 11.5 Å². The second-order valence-electron chi connectivity index (χ2n) is 9.34. The van der Waals surface area contributed by atoms with Crippen LogP contribution in [0.1, 0.15) is 25.2 Å². The minimum absolute atomic E-state index is 0.0698. The average molecular weight is 496 g/mol. The molecule has 1 N–H and O–H groups in total. The molecule has 2 aliphatic heterocycles. The molecule has 0 aliphatic carbocycles. The number of nitrogens with one attached hydrogen (secondary N) is 1. The van der Waals surface area contributed by atoms with Crippen molar-refractivity contribution >= 4 is 11.4 Å². The SMILES string of the molecule is COc1cc(Cc2ncc(F)c(-c3cc(F)c4c(c3)N(C(C)C)CCO4)n2)ccc1N1CCNCC1. The number of aromatic nitrogens is 2. The van der Waals surface area contributed by atoms with Crippen LogP contribution in [-0.2, 0) is 6.42 Å². The second-order valence-corrected chi connectivity index (χ2v) is 9.34. The summed E-state index contributed by atoms with van der Waals surface area (Å²) in [4.78, 5) is 13.0. The molecule has 36 heavy (non-hydrogen) atoms. The Morgan fingerprint density at radius 3 is 2.61 bits per heavy atom. The van der Waals surface area contributed by atoms with Gasteiger partial charge in [-0.3, -0.25) is 0 Å². The minimum Gasteiger partial charge on any atom is -0.495 e. The van der Waals surface area contributed by atoms with Crippen LogP contribution < -0.4 is 24.6 Å². The lowest BCUT2D eigenvalue weighted by Crippen LogP contribution is -2.43. The van der Waals surface area contributed by atoms with Gasteiger partial charge in [0, 0.05) is 44.2 Å². The molecule has 0 radical (unpaired) electrons. The highest BCUT2D eigenvalue weighted by Crippen LogP contribution is 2.39. The van der Waals surface area contributed by atoms with Gasteiger partial charge >= 0.3 is 0 Å². The third-order valence-corrected chi connectivity index (χ3v) is 6.67. The van der Waals surface area contributed by atoms with Crippen LogP contribution in [0, 0.1) is 11.6 Å². The van der Waals surface area contributed by atoms with E-state index >= 15 is 0 Å². The molecule has 0 atom stereocenters. The molecule has 3 aromatic rings. The van der Waals surface area contributed by atoms with Crippen molar-refractivity contribution < 1.29 is 18.3 Å². The molecule has 190 valence electrons. The molecule has 7 nitrogen and oxygen atoms in total. The highest BCUT2D eigenvalue weighted by atomic mass is 19.1. The van der Waals surface area contributed by atoms with E-state index in [2.05, 4.69) is 25.1 Å². The maximum Gasteiger partial charge on any atom is 0.178 e. The lowest BCUT2D eigenvalue weighted by atomic mass is 10.1. The van der Waals surface area contributed by atoms with E-state index in [1.54, 1.807) is 13.2 Å². The summed E-state index contributed by atoms with van der Waals surface area (Å²) in [7, 11) is 1.66. The Balaban J connectivity index is 1.45. The first-order valence-corrected chi connectivity index (χ1v) is 12.3. The fourth-order valence-corrected chi connectivity index (χ4v) is 4.85. The maximum absolute atomic E-state index is 15.0. The van der Waals surface area contributed by atoms with Crippen LogP contribution >= 0.6 is 0 Å². The van der Waals surface area contributed by atoms with E-state index in [-0.39, 0.29) is 17.5 Å². The third kappa shape index (κ3) is 4.80. The topological polar surface area (TPSA) is 62.8 Å². The molecule has 3 heterocycles. The van der Waals surface area contributed by atoms with Crippen molar-refractivity contribution in [1.29, 1.82) is 0 Å². The molecule has 0 bridgehead atoms. The van der Waals surface area contributed by atoms with Gasteiger partial charge in [-0.1, -0.05) is 6.07 Å². The fourth-order valence-electron chi connectivity index (χ4n) is 4.85. The number of ether oxygens (including phenoxy) is 2. The van der Waals surface area contributed by atoms with Crippen LogP contribution in [0.2, 0.25) is 0 Å². The van der Waals surface area contributed by atoms with Crippen molar-refractivity contribution in [3.05, 3.63) is 59.6 Å². The number of benzene rings is 2. The monoisotopic (exact) mass is 495 g/mol. The summed E-state index contributed by atoms with van der Waals surface area (Å²) >= 11 is 0. The molecular formula is C27H31F2N5O2. The molecule has 0 amide bonds. The van der Waals surface area contributed by atoms with Gasteiger partial charge in [-0.15, -0.1) is 0 Å². The van der Waals surface area contributed by atoms with Gasteiger partial charge in [-0.2, -0.15) is 0 Å².